The molecule has 0 spiro atoms. The molecule has 0 radical (unpaired) electrons. The fraction of sp³-hybridized carbons (Fsp3) is 0.562. The van der Waals surface area contributed by atoms with Crippen molar-refractivity contribution in [3.63, 3.8) is 0 Å². The number of benzene rings is 1. The highest BCUT2D eigenvalue weighted by Gasteiger charge is 2.24. The first-order valence-electron chi connectivity index (χ1n) is 7.33. The molecule has 0 aliphatic carbocycles. The van der Waals surface area contributed by atoms with E-state index in [1.165, 1.54) is 0 Å². The van der Waals surface area contributed by atoms with Crippen LogP contribution in [0.3, 0.4) is 0 Å². The molecule has 1 aromatic rings. The molecule has 5 heteroatoms. The number of nitrogens with one attached hydrogen (secondary N) is 2. The van der Waals surface area contributed by atoms with Gasteiger partial charge >= 0.3 is 0 Å². The third-order valence-electron chi connectivity index (χ3n) is 3.86. The molecule has 21 heavy (non-hydrogen) atoms. The van der Waals surface area contributed by atoms with Crippen LogP contribution in [0.2, 0.25) is 0 Å². The maximum Gasteiger partial charge on any atom is 0.224 e. The zero-order valence-electron chi connectivity index (χ0n) is 12.9. The van der Waals surface area contributed by atoms with Gasteiger partial charge in [0.25, 0.3) is 0 Å². The lowest BCUT2D eigenvalue weighted by Crippen LogP contribution is -2.43. The van der Waals surface area contributed by atoms with Gasteiger partial charge in [0.05, 0.1) is 20.1 Å². The summed E-state index contributed by atoms with van der Waals surface area (Å²) in [6, 6.07) is 5.68. The summed E-state index contributed by atoms with van der Waals surface area (Å²) in [4.78, 5) is 12.2. The number of carbonyl (C=O) groups excluding carboxylic acids is 1. The molecule has 0 bridgehead atoms. The predicted molar refractivity (Wildman–Crippen MR) is 81.5 cm³/mol. The third kappa shape index (κ3) is 4.11. The van der Waals surface area contributed by atoms with Crippen molar-refractivity contribution in [1.29, 1.82) is 0 Å². The maximum absolute atomic E-state index is 12.2. The van der Waals surface area contributed by atoms with Crippen molar-refractivity contribution >= 4 is 5.91 Å². The molecule has 0 saturated carbocycles. The highest BCUT2D eigenvalue weighted by Crippen LogP contribution is 2.27. The van der Waals surface area contributed by atoms with Crippen LogP contribution >= 0.6 is 0 Å². The topological polar surface area (TPSA) is 59.6 Å². The second-order valence-electron chi connectivity index (χ2n) is 5.60. The number of piperidine rings is 1. The number of hydrogen-bond acceptors (Lipinski definition) is 4. The molecule has 1 aliphatic rings. The molecule has 1 fully saturated rings. The van der Waals surface area contributed by atoms with Crippen molar-refractivity contribution in [2.75, 3.05) is 27.3 Å². The normalized spacial score (nSPS) is 21.7. The molecule has 5 nitrogen and oxygen atoms in total. The second-order valence-corrected chi connectivity index (χ2v) is 5.60. The molecular formula is C16H24N2O3. The molecule has 0 aromatic heterocycles. The van der Waals surface area contributed by atoms with Gasteiger partial charge in [-0.2, -0.15) is 0 Å². The summed E-state index contributed by atoms with van der Waals surface area (Å²) in [5.74, 6) is 2.10. The number of ether oxygens (including phenoxy) is 2. The summed E-state index contributed by atoms with van der Waals surface area (Å²) in [7, 11) is 3.21. The van der Waals surface area contributed by atoms with Crippen molar-refractivity contribution in [3.8, 4) is 11.5 Å². The van der Waals surface area contributed by atoms with E-state index in [9.17, 15) is 4.79 Å². The summed E-state index contributed by atoms with van der Waals surface area (Å²) in [6.07, 6.45) is 0.949. The van der Waals surface area contributed by atoms with Crippen LogP contribution < -0.4 is 20.1 Å². The third-order valence-corrected chi connectivity index (χ3v) is 3.86. The molecule has 116 valence electrons. The molecule has 1 aromatic carbocycles. The lowest BCUT2D eigenvalue weighted by Gasteiger charge is -2.26. The minimum atomic E-state index is 0.0638. The Morgan fingerprint density at radius 1 is 1.29 bits per heavy atom. The van der Waals surface area contributed by atoms with Crippen LogP contribution in [0.5, 0.6) is 11.5 Å². The molecule has 2 unspecified atom stereocenters. The first-order chi connectivity index (χ1) is 10.1. The zero-order valence-corrected chi connectivity index (χ0v) is 12.9. The number of methoxy groups -OCH3 is 2. The number of amides is 1. The second kappa shape index (κ2) is 7.31. The van der Waals surface area contributed by atoms with E-state index in [4.69, 9.17) is 9.47 Å². The molecular weight excluding hydrogens is 268 g/mol. The molecule has 2 N–H and O–H groups in total. The van der Waals surface area contributed by atoms with Gasteiger partial charge in [0, 0.05) is 13.1 Å². The smallest absolute Gasteiger partial charge is 0.224 e. The SMILES string of the molecule is COc1ccc(CNC(=O)C2CNCC(C)C2)cc1OC. The van der Waals surface area contributed by atoms with Crippen molar-refractivity contribution < 1.29 is 14.3 Å². The van der Waals surface area contributed by atoms with Crippen LogP contribution in [-0.2, 0) is 11.3 Å². The van der Waals surface area contributed by atoms with Crippen LogP contribution in [0.1, 0.15) is 18.9 Å². The lowest BCUT2D eigenvalue weighted by atomic mass is 9.91. The van der Waals surface area contributed by atoms with Gasteiger partial charge in [-0.3, -0.25) is 4.79 Å². The fourth-order valence-corrected chi connectivity index (χ4v) is 2.68. The minimum Gasteiger partial charge on any atom is -0.493 e. The summed E-state index contributed by atoms with van der Waals surface area (Å²) in [5, 5.41) is 6.30. The Balaban J connectivity index is 1.91. The monoisotopic (exact) mass is 292 g/mol. The highest BCUT2D eigenvalue weighted by molar-refractivity contribution is 5.79. The largest absolute Gasteiger partial charge is 0.493 e. The van der Waals surface area contributed by atoms with Crippen molar-refractivity contribution in [2.24, 2.45) is 11.8 Å². The van der Waals surface area contributed by atoms with Gasteiger partial charge in [0.15, 0.2) is 11.5 Å². The summed E-state index contributed by atoms with van der Waals surface area (Å²) < 4.78 is 10.5. The maximum atomic E-state index is 12.2. The molecule has 1 saturated heterocycles. The quantitative estimate of drug-likeness (QED) is 0.865. The van der Waals surface area contributed by atoms with E-state index >= 15 is 0 Å². The zero-order chi connectivity index (χ0) is 15.2. The molecule has 2 rings (SSSR count). The summed E-state index contributed by atoms with van der Waals surface area (Å²) in [5.41, 5.74) is 0.998. The Hall–Kier alpha value is -1.75. The van der Waals surface area contributed by atoms with Crippen LogP contribution in [0.25, 0.3) is 0 Å². The van der Waals surface area contributed by atoms with Crippen LogP contribution in [0, 0.1) is 11.8 Å². The lowest BCUT2D eigenvalue weighted by molar-refractivity contribution is -0.126. The molecule has 1 heterocycles. The fourth-order valence-electron chi connectivity index (χ4n) is 2.68. The van der Waals surface area contributed by atoms with Gasteiger partial charge in [-0.25, -0.2) is 0 Å². The Labute approximate surface area is 126 Å². The van der Waals surface area contributed by atoms with Gasteiger partial charge < -0.3 is 20.1 Å². The number of rotatable bonds is 5. The Bertz CT molecular complexity index is 490. The molecule has 1 amide bonds. The summed E-state index contributed by atoms with van der Waals surface area (Å²) >= 11 is 0. The first kappa shape index (κ1) is 15.6. The van der Waals surface area contributed by atoms with E-state index in [2.05, 4.69) is 17.6 Å². The van der Waals surface area contributed by atoms with Crippen molar-refractivity contribution in [1.82, 2.24) is 10.6 Å². The van der Waals surface area contributed by atoms with E-state index in [-0.39, 0.29) is 11.8 Å². The van der Waals surface area contributed by atoms with E-state index in [0.717, 1.165) is 25.1 Å². The number of hydrogen-bond donors (Lipinski definition) is 2. The van der Waals surface area contributed by atoms with Gasteiger partial charge in [0.2, 0.25) is 5.91 Å². The van der Waals surface area contributed by atoms with Gasteiger partial charge in [0.1, 0.15) is 0 Å². The van der Waals surface area contributed by atoms with E-state index < -0.39 is 0 Å². The highest BCUT2D eigenvalue weighted by atomic mass is 16.5. The van der Waals surface area contributed by atoms with Gasteiger partial charge in [-0.05, 0) is 36.6 Å². The van der Waals surface area contributed by atoms with Crippen molar-refractivity contribution in [3.05, 3.63) is 23.8 Å². The van der Waals surface area contributed by atoms with E-state index in [0.29, 0.717) is 24.0 Å². The Morgan fingerprint density at radius 2 is 2.05 bits per heavy atom. The Kier molecular flexibility index (Phi) is 5.44. The van der Waals surface area contributed by atoms with Crippen molar-refractivity contribution in [2.45, 2.75) is 19.9 Å². The van der Waals surface area contributed by atoms with Gasteiger partial charge in [-0.1, -0.05) is 13.0 Å². The summed E-state index contributed by atoms with van der Waals surface area (Å²) in [6.45, 7) is 4.44. The van der Waals surface area contributed by atoms with Crippen LogP contribution in [-0.4, -0.2) is 33.2 Å². The van der Waals surface area contributed by atoms with Crippen LogP contribution in [0.4, 0.5) is 0 Å². The van der Waals surface area contributed by atoms with Gasteiger partial charge in [-0.15, -0.1) is 0 Å². The average molecular weight is 292 g/mol. The standard InChI is InChI=1S/C16H24N2O3/c1-11-6-13(10-17-8-11)16(19)18-9-12-4-5-14(20-2)15(7-12)21-3/h4-5,7,11,13,17H,6,8-10H2,1-3H3,(H,18,19). The molecule has 1 aliphatic heterocycles. The van der Waals surface area contributed by atoms with Crippen LogP contribution in [0.15, 0.2) is 18.2 Å². The number of carbonyl (C=O) groups is 1. The predicted octanol–water partition coefficient (Wildman–Crippen LogP) is 1.57. The Morgan fingerprint density at radius 3 is 2.71 bits per heavy atom. The average Bonchev–Trinajstić information content (AvgIpc) is 2.52. The minimum absolute atomic E-state index is 0.0638. The van der Waals surface area contributed by atoms with E-state index in [1.807, 2.05) is 18.2 Å². The van der Waals surface area contributed by atoms with E-state index in [1.54, 1.807) is 14.2 Å². The molecule has 2 atom stereocenters. The first-order valence-corrected chi connectivity index (χ1v) is 7.33.